The molecule has 0 radical (unpaired) electrons. The van der Waals surface area contributed by atoms with Crippen LogP contribution < -0.4 is 10.6 Å². The normalized spacial score (nSPS) is 24.1. The lowest BCUT2D eigenvalue weighted by molar-refractivity contribution is -0.137. The molecule has 10 heteroatoms. The number of fused-ring (bicyclic) bond motifs is 2. The number of rotatable bonds is 4. The molecule has 4 rings (SSSR count). The molecule has 2 bridgehead atoms. The maximum Gasteiger partial charge on any atom is 0.416 e. The molecule has 3 aliphatic heterocycles. The number of halogens is 3. The number of hydrogen-bond donors (Lipinski definition) is 2. The second-order valence-electron chi connectivity index (χ2n) is 7.74. The number of nitrogens with one attached hydrogen (secondary N) is 2. The maximum absolute atomic E-state index is 13.4. The van der Waals surface area contributed by atoms with Gasteiger partial charge in [0.1, 0.15) is 6.04 Å². The van der Waals surface area contributed by atoms with Crippen molar-refractivity contribution in [2.24, 2.45) is 0 Å². The summed E-state index contributed by atoms with van der Waals surface area (Å²) in [7, 11) is 0. The minimum Gasteiger partial charge on any atom is -0.350 e. The smallest absolute Gasteiger partial charge is 0.350 e. The monoisotopic (exact) mass is 410 g/mol. The van der Waals surface area contributed by atoms with Crippen LogP contribution in [0.4, 0.5) is 18.9 Å². The number of carbonyl (C=O) groups excluding carboxylic acids is 3. The van der Waals surface area contributed by atoms with Gasteiger partial charge in [-0.1, -0.05) is 0 Å². The van der Waals surface area contributed by atoms with Crippen molar-refractivity contribution < 1.29 is 27.6 Å². The van der Waals surface area contributed by atoms with Gasteiger partial charge < -0.3 is 15.5 Å². The number of likely N-dealkylation sites (tertiary alicyclic amines) is 2. The van der Waals surface area contributed by atoms with Crippen molar-refractivity contribution in [3.63, 3.8) is 0 Å². The largest absolute Gasteiger partial charge is 0.416 e. The molecular weight excluding hydrogens is 389 g/mol. The standard InChI is InChI=1S/C19H21F3N4O3/c20-19(21,22)12-5-11(18(29)26-9-14-8-15(26)17(28)24-14)6-13(7-12)23-16(27)10-25-3-1-2-4-25/h5-7,14-15H,1-4,8-10H2,(H,23,27)(H,24,28)/t14-,15-/m0/s1. The fourth-order valence-corrected chi connectivity index (χ4v) is 4.21. The van der Waals surface area contributed by atoms with E-state index in [1.807, 2.05) is 4.90 Å². The number of piperazine rings is 1. The highest BCUT2D eigenvalue weighted by atomic mass is 19.4. The third kappa shape index (κ3) is 4.07. The van der Waals surface area contributed by atoms with Gasteiger partial charge >= 0.3 is 6.18 Å². The quantitative estimate of drug-likeness (QED) is 0.788. The number of carbonyl (C=O) groups is 3. The van der Waals surface area contributed by atoms with Gasteiger partial charge in [0.25, 0.3) is 5.91 Å². The second kappa shape index (κ2) is 7.33. The van der Waals surface area contributed by atoms with Gasteiger partial charge in [0.2, 0.25) is 11.8 Å². The van der Waals surface area contributed by atoms with Crippen molar-refractivity contribution in [1.29, 1.82) is 0 Å². The molecule has 156 valence electrons. The first-order chi connectivity index (χ1) is 13.7. The SMILES string of the molecule is O=C(CN1CCCC1)Nc1cc(C(=O)N2C[C@@H]3C[C@H]2C(=O)N3)cc(C(F)(F)F)c1. The molecule has 0 saturated carbocycles. The summed E-state index contributed by atoms with van der Waals surface area (Å²) < 4.78 is 40.1. The predicted octanol–water partition coefficient (Wildman–Crippen LogP) is 1.45. The molecule has 0 aliphatic carbocycles. The van der Waals surface area contributed by atoms with Gasteiger partial charge in [-0.3, -0.25) is 19.3 Å². The van der Waals surface area contributed by atoms with Gasteiger partial charge in [-0.05, 0) is 50.6 Å². The molecule has 2 atom stereocenters. The Hall–Kier alpha value is -2.62. The van der Waals surface area contributed by atoms with E-state index < -0.39 is 29.6 Å². The van der Waals surface area contributed by atoms with E-state index in [1.165, 1.54) is 11.0 Å². The molecule has 0 spiro atoms. The summed E-state index contributed by atoms with van der Waals surface area (Å²) in [6.07, 6.45) is -2.24. The average Bonchev–Trinajstić information content (AvgIpc) is 3.37. The Morgan fingerprint density at radius 3 is 2.52 bits per heavy atom. The lowest BCUT2D eigenvalue weighted by atomic mass is 10.1. The van der Waals surface area contributed by atoms with E-state index in [-0.39, 0.29) is 36.3 Å². The predicted molar refractivity (Wildman–Crippen MR) is 97.1 cm³/mol. The Morgan fingerprint density at radius 1 is 1.17 bits per heavy atom. The van der Waals surface area contributed by atoms with Crippen molar-refractivity contribution in [2.75, 3.05) is 31.5 Å². The molecule has 0 unspecified atom stereocenters. The highest BCUT2D eigenvalue weighted by molar-refractivity contribution is 6.01. The molecule has 0 aromatic heterocycles. The first kappa shape index (κ1) is 19.7. The third-order valence-corrected chi connectivity index (χ3v) is 5.57. The van der Waals surface area contributed by atoms with Crippen LogP contribution in [0.5, 0.6) is 0 Å². The summed E-state index contributed by atoms with van der Waals surface area (Å²) in [6, 6.07) is 2.00. The number of nitrogens with zero attached hydrogens (tertiary/aromatic N) is 2. The van der Waals surface area contributed by atoms with E-state index in [0.717, 1.165) is 38.1 Å². The highest BCUT2D eigenvalue weighted by Gasteiger charge is 2.46. The van der Waals surface area contributed by atoms with Crippen LogP contribution in [0.1, 0.15) is 35.2 Å². The average molecular weight is 410 g/mol. The number of anilines is 1. The van der Waals surface area contributed by atoms with Crippen molar-refractivity contribution >= 4 is 23.4 Å². The zero-order valence-corrected chi connectivity index (χ0v) is 15.6. The third-order valence-electron chi connectivity index (χ3n) is 5.57. The Morgan fingerprint density at radius 2 is 1.90 bits per heavy atom. The Labute approximate surface area is 165 Å². The summed E-state index contributed by atoms with van der Waals surface area (Å²) in [5.41, 5.74) is -1.30. The maximum atomic E-state index is 13.4. The topological polar surface area (TPSA) is 81.8 Å². The first-order valence-corrected chi connectivity index (χ1v) is 9.56. The van der Waals surface area contributed by atoms with Gasteiger partial charge in [-0.15, -0.1) is 0 Å². The van der Waals surface area contributed by atoms with E-state index in [4.69, 9.17) is 0 Å². The van der Waals surface area contributed by atoms with Gasteiger partial charge in [0.05, 0.1) is 12.1 Å². The Kier molecular flexibility index (Phi) is 4.97. The summed E-state index contributed by atoms with van der Waals surface area (Å²) in [5.74, 6) is -1.36. The molecule has 2 N–H and O–H groups in total. The number of alkyl halides is 3. The van der Waals surface area contributed by atoms with Gasteiger partial charge in [-0.2, -0.15) is 13.2 Å². The molecular formula is C19H21F3N4O3. The summed E-state index contributed by atoms with van der Waals surface area (Å²) >= 11 is 0. The fraction of sp³-hybridized carbons (Fsp3) is 0.526. The second-order valence-corrected chi connectivity index (χ2v) is 7.74. The molecule has 3 aliphatic rings. The Balaban J connectivity index is 1.56. The summed E-state index contributed by atoms with van der Waals surface area (Å²) in [6.45, 7) is 1.91. The van der Waals surface area contributed by atoms with Crippen molar-refractivity contribution in [3.05, 3.63) is 29.3 Å². The molecule has 7 nitrogen and oxygen atoms in total. The molecule has 1 aromatic carbocycles. The summed E-state index contributed by atoms with van der Waals surface area (Å²) in [4.78, 5) is 40.1. The molecule has 3 amide bonds. The lowest BCUT2D eigenvalue weighted by Crippen LogP contribution is -2.50. The molecule has 3 saturated heterocycles. The van der Waals surface area contributed by atoms with Crippen LogP contribution in [0.15, 0.2) is 18.2 Å². The number of amides is 3. The molecule has 29 heavy (non-hydrogen) atoms. The van der Waals surface area contributed by atoms with Crippen molar-refractivity contribution in [3.8, 4) is 0 Å². The molecule has 3 heterocycles. The van der Waals surface area contributed by atoms with Crippen LogP contribution in [-0.4, -0.2) is 65.8 Å². The molecule has 3 fully saturated rings. The van der Waals surface area contributed by atoms with Crippen LogP contribution in [0.3, 0.4) is 0 Å². The van der Waals surface area contributed by atoms with Gasteiger partial charge in [-0.25, -0.2) is 0 Å². The Bertz CT molecular complexity index is 852. The van der Waals surface area contributed by atoms with Crippen LogP contribution in [0, 0.1) is 0 Å². The van der Waals surface area contributed by atoms with Gasteiger partial charge in [0.15, 0.2) is 0 Å². The minimum absolute atomic E-state index is 0.0822. The molecule has 1 aromatic rings. The number of hydrogen-bond acceptors (Lipinski definition) is 4. The van der Waals surface area contributed by atoms with Crippen LogP contribution >= 0.6 is 0 Å². The van der Waals surface area contributed by atoms with Crippen LogP contribution in [0.25, 0.3) is 0 Å². The van der Waals surface area contributed by atoms with Crippen molar-refractivity contribution in [2.45, 2.75) is 37.5 Å². The number of benzene rings is 1. The van der Waals surface area contributed by atoms with E-state index in [1.54, 1.807) is 0 Å². The van der Waals surface area contributed by atoms with Gasteiger partial charge in [0, 0.05) is 23.8 Å². The van der Waals surface area contributed by atoms with Crippen molar-refractivity contribution in [1.82, 2.24) is 15.1 Å². The zero-order valence-electron chi connectivity index (χ0n) is 15.6. The summed E-state index contributed by atoms with van der Waals surface area (Å²) in [5, 5.41) is 5.20. The first-order valence-electron chi connectivity index (χ1n) is 9.56. The van der Waals surface area contributed by atoms with Crippen LogP contribution in [-0.2, 0) is 15.8 Å². The van der Waals surface area contributed by atoms with E-state index >= 15 is 0 Å². The lowest BCUT2D eigenvalue weighted by Gasteiger charge is -2.27. The zero-order chi connectivity index (χ0) is 20.8. The van der Waals surface area contributed by atoms with E-state index in [9.17, 15) is 27.6 Å². The highest BCUT2D eigenvalue weighted by Crippen LogP contribution is 2.33. The van der Waals surface area contributed by atoms with E-state index in [2.05, 4.69) is 10.6 Å². The van der Waals surface area contributed by atoms with E-state index in [0.29, 0.717) is 6.42 Å². The fourth-order valence-electron chi connectivity index (χ4n) is 4.21. The minimum atomic E-state index is -4.67. The van der Waals surface area contributed by atoms with Crippen LogP contribution in [0.2, 0.25) is 0 Å².